The highest BCUT2D eigenvalue weighted by molar-refractivity contribution is 9.10. The molecule has 0 fully saturated rings. The van der Waals surface area contributed by atoms with Gasteiger partial charge in [0.05, 0.1) is 6.20 Å². The number of aromatic nitrogens is 2. The van der Waals surface area contributed by atoms with Crippen LogP contribution in [0.1, 0.15) is 0 Å². The molecule has 0 aliphatic rings. The maximum Gasteiger partial charge on any atom is 0.163 e. The van der Waals surface area contributed by atoms with E-state index < -0.39 is 0 Å². The van der Waals surface area contributed by atoms with E-state index >= 15 is 0 Å². The smallest absolute Gasteiger partial charge is 0.163 e. The van der Waals surface area contributed by atoms with Crippen LogP contribution in [0.5, 0.6) is 0 Å². The maximum atomic E-state index is 5.51. The Morgan fingerprint density at radius 3 is 2.56 bits per heavy atom. The van der Waals surface area contributed by atoms with E-state index in [1.54, 1.807) is 0 Å². The molecular formula is C4HBrCl2N2. The lowest BCUT2D eigenvalue weighted by molar-refractivity contribution is 1.17. The first kappa shape index (κ1) is 7.25. The van der Waals surface area contributed by atoms with Gasteiger partial charge < -0.3 is 0 Å². The summed E-state index contributed by atoms with van der Waals surface area (Å²) < 4.78 is 0.508. The molecule has 1 heterocycles. The van der Waals surface area contributed by atoms with Gasteiger partial charge in [-0.05, 0) is 15.9 Å². The summed E-state index contributed by atoms with van der Waals surface area (Å²) in [6, 6.07) is 0. The fraction of sp³-hybridized carbons (Fsp3) is 0. The molecule has 0 unspecified atom stereocenters. The monoisotopic (exact) mass is 226 g/mol. The number of nitrogens with zero attached hydrogens (tertiary/aromatic N) is 2. The van der Waals surface area contributed by atoms with Crippen LogP contribution in [0.25, 0.3) is 0 Å². The van der Waals surface area contributed by atoms with E-state index in [1.165, 1.54) is 6.20 Å². The molecule has 0 saturated carbocycles. The summed E-state index contributed by atoms with van der Waals surface area (Å²) >= 11 is 14.0. The highest BCUT2D eigenvalue weighted by Crippen LogP contribution is 2.17. The SMILES string of the molecule is Clc1cnc(Br)c(Cl)n1. The van der Waals surface area contributed by atoms with E-state index in [-0.39, 0.29) is 5.15 Å². The average molecular weight is 228 g/mol. The van der Waals surface area contributed by atoms with Gasteiger partial charge in [-0.15, -0.1) is 0 Å². The molecule has 48 valence electrons. The van der Waals surface area contributed by atoms with Crippen molar-refractivity contribution in [1.29, 1.82) is 0 Å². The molecule has 0 amide bonds. The lowest BCUT2D eigenvalue weighted by Gasteiger charge is -1.91. The second-order valence-electron chi connectivity index (χ2n) is 1.27. The van der Waals surface area contributed by atoms with Crippen LogP contribution in [0, 0.1) is 0 Å². The molecule has 0 atom stereocenters. The van der Waals surface area contributed by atoms with Gasteiger partial charge >= 0.3 is 0 Å². The third-order valence-corrected chi connectivity index (χ3v) is 1.91. The minimum Gasteiger partial charge on any atom is -0.243 e. The molecule has 1 rings (SSSR count). The first-order valence-electron chi connectivity index (χ1n) is 2.03. The standard InChI is InChI=1S/C4HBrCl2N2/c5-3-4(7)9-2(6)1-8-3/h1H. The van der Waals surface area contributed by atoms with Gasteiger partial charge in [0.25, 0.3) is 0 Å². The van der Waals surface area contributed by atoms with Crippen LogP contribution >= 0.6 is 39.1 Å². The van der Waals surface area contributed by atoms with Crippen molar-refractivity contribution in [3.63, 3.8) is 0 Å². The van der Waals surface area contributed by atoms with Crippen molar-refractivity contribution in [2.24, 2.45) is 0 Å². The molecule has 0 saturated heterocycles. The number of rotatable bonds is 0. The lowest BCUT2D eigenvalue weighted by Crippen LogP contribution is -1.81. The van der Waals surface area contributed by atoms with E-state index in [4.69, 9.17) is 23.2 Å². The topological polar surface area (TPSA) is 25.8 Å². The lowest BCUT2D eigenvalue weighted by atomic mass is 10.8. The van der Waals surface area contributed by atoms with Crippen molar-refractivity contribution < 1.29 is 0 Å². The van der Waals surface area contributed by atoms with Gasteiger partial charge in [-0.2, -0.15) is 0 Å². The molecular weight excluding hydrogens is 227 g/mol. The summed E-state index contributed by atoms with van der Waals surface area (Å²) in [5.41, 5.74) is 0. The van der Waals surface area contributed by atoms with Gasteiger partial charge in [0.2, 0.25) is 0 Å². The van der Waals surface area contributed by atoms with Crippen molar-refractivity contribution in [1.82, 2.24) is 9.97 Å². The van der Waals surface area contributed by atoms with Gasteiger partial charge in [0.15, 0.2) is 5.15 Å². The zero-order valence-electron chi connectivity index (χ0n) is 4.11. The molecule has 0 N–H and O–H groups in total. The van der Waals surface area contributed by atoms with Gasteiger partial charge in [-0.3, -0.25) is 0 Å². The van der Waals surface area contributed by atoms with Crippen LogP contribution in [0.4, 0.5) is 0 Å². The summed E-state index contributed by atoms with van der Waals surface area (Å²) in [6.07, 6.45) is 1.41. The Kier molecular flexibility index (Phi) is 2.27. The van der Waals surface area contributed by atoms with Crippen molar-refractivity contribution in [2.45, 2.75) is 0 Å². The Hall–Kier alpha value is 0.140. The Bertz CT molecular complexity index is 228. The van der Waals surface area contributed by atoms with Crippen molar-refractivity contribution >= 4 is 39.1 Å². The quantitative estimate of drug-likeness (QED) is 0.681. The summed E-state index contributed by atoms with van der Waals surface area (Å²) in [7, 11) is 0. The Morgan fingerprint density at radius 2 is 2.11 bits per heavy atom. The molecule has 5 heteroatoms. The Balaban J connectivity index is 3.17. The minimum atomic E-state index is 0.280. The van der Waals surface area contributed by atoms with Gasteiger partial charge in [-0.1, -0.05) is 23.2 Å². The first-order chi connectivity index (χ1) is 4.20. The normalized spacial score (nSPS) is 9.67. The van der Waals surface area contributed by atoms with Gasteiger partial charge in [0, 0.05) is 0 Å². The second kappa shape index (κ2) is 2.82. The van der Waals surface area contributed by atoms with E-state index in [0.717, 1.165) is 0 Å². The van der Waals surface area contributed by atoms with Crippen LogP contribution in [0.15, 0.2) is 10.8 Å². The molecule has 0 aliphatic carbocycles. The number of halogens is 3. The van der Waals surface area contributed by atoms with Crippen molar-refractivity contribution in [2.75, 3.05) is 0 Å². The zero-order chi connectivity index (χ0) is 6.85. The molecule has 2 nitrogen and oxygen atoms in total. The van der Waals surface area contributed by atoms with Crippen LogP contribution in [0.2, 0.25) is 10.3 Å². The molecule has 1 aromatic heterocycles. The van der Waals surface area contributed by atoms with E-state index in [2.05, 4.69) is 25.9 Å². The van der Waals surface area contributed by atoms with Gasteiger partial charge in [0.1, 0.15) is 9.76 Å². The predicted molar refractivity (Wildman–Crippen MR) is 39.8 cm³/mol. The van der Waals surface area contributed by atoms with Crippen molar-refractivity contribution in [3.05, 3.63) is 21.1 Å². The highest BCUT2D eigenvalue weighted by Gasteiger charge is 1.98. The molecule has 0 radical (unpaired) electrons. The van der Waals surface area contributed by atoms with E-state index in [9.17, 15) is 0 Å². The molecule has 0 aromatic carbocycles. The molecule has 1 aromatic rings. The molecule has 9 heavy (non-hydrogen) atoms. The van der Waals surface area contributed by atoms with Crippen LogP contribution in [-0.2, 0) is 0 Å². The summed E-state index contributed by atoms with van der Waals surface area (Å²) in [5, 5.41) is 0.575. The third kappa shape index (κ3) is 1.78. The first-order valence-corrected chi connectivity index (χ1v) is 3.58. The fourth-order valence-electron chi connectivity index (χ4n) is 0.332. The zero-order valence-corrected chi connectivity index (χ0v) is 7.20. The number of hydrogen-bond donors (Lipinski definition) is 0. The van der Waals surface area contributed by atoms with Crippen LogP contribution in [0.3, 0.4) is 0 Å². The Labute approximate surface area is 70.3 Å². The second-order valence-corrected chi connectivity index (χ2v) is 2.77. The summed E-state index contributed by atoms with van der Waals surface area (Å²) in [6.45, 7) is 0. The summed E-state index contributed by atoms with van der Waals surface area (Å²) in [5.74, 6) is 0. The average Bonchev–Trinajstić information content (AvgIpc) is 1.80. The van der Waals surface area contributed by atoms with E-state index in [1.807, 2.05) is 0 Å². The molecule has 0 aliphatic heterocycles. The minimum absolute atomic E-state index is 0.280. The largest absolute Gasteiger partial charge is 0.243 e. The number of hydrogen-bond acceptors (Lipinski definition) is 2. The predicted octanol–water partition coefficient (Wildman–Crippen LogP) is 2.55. The Morgan fingerprint density at radius 1 is 1.44 bits per heavy atom. The fourth-order valence-corrected chi connectivity index (χ4v) is 0.839. The molecule has 0 spiro atoms. The third-order valence-electron chi connectivity index (χ3n) is 0.660. The highest BCUT2D eigenvalue weighted by atomic mass is 79.9. The summed E-state index contributed by atoms with van der Waals surface area (Å²) in [4.78, 5) is 7.46. The van der Waals surface area contributed by atoms with Crippen molar-refractivity contribution in [3.8, 4) is 0 Å². The maximum absolute atomic E-state index is 5.51. The van der Waals surface area contributed by atoms with Crippen LogP contribution < -0.4 is 0 Å². The molecule has 0 bridgehead atoms. The van der Waals surface area contributed by atoms with E-state index in [0.29, 0.717) is 9.76 Å². The van der Waals surface area contributed by atoms with Gasteiger partial charge in [-0.25, -0.2) is 9.97 Å². The van der Waals surface area contributed by atoms with Crippen LogP contribution in [-0.4, -0.2) is 9.97 Å².